The highest BCUT2D eigenvalue weighted by Gasteiger charge is 2.15. The number of carbonyl (C=O) groups excluding carboxylic acids is 1. The molecule has 6 heteroatoms. The van der Waals surface area contributed by atoms with Crippen molar-refractivity contribution >= 4 is 23.3 Å². The summed E-state index contributed by atoms with van der Waals surface area (Å²) in [5.41, 5.74) is 0. The second-order valence-corrected chi connectivity index (χ2v) is 2.59. The van der Waals surface area contributed by atoms with Gasteiger partial charge in [-0.3, -0.25) is 4.79 Å². The zero-order valence-corrected chi connectivity index (χ0v) is 7.05. The van der Waals surface area contributed by atoms with E-state index >= 15 is 0 Å². The molecule has 13 heavy (non-hydrogen) atoms. The number of aromatic nitrogens is 1. The molecule has 70 valence electrons. The van der Waals surface area contributed by atoms with Crippen molar-refractivity contribution in [3.8, 4) is 0 Å². The molecule has 0 aliphatic rings. The highest BCUT2D eigenvalue weighted by molar-refractivity contribution is 6.30. The molecule has 0 spiro atoms. The molecule has 0 atom stereocenters. The molecule has 0 aromatic carbocycles. The predicted octanol–water partition coefficient (Wildman–Crippen LogP) is 1.94. The fourth-order valence-electron chi connectivity index (χ4n) is 0.631. The Kier molecular flexibility index (Phi) is 3.13. The van der Waals surface area contributed by atoms with Crippen LogP contribution in [0.15, 0.2) is 18.3 Å². The van der Waals surface area contributed by atoms with Gasteiger partial charge in [0.15, 0.2) is 0 Å². The summed E-state index contributed by atoms with van der Waals surface area (Å²) in [5.74, 6) is -1.33. The molecule has 0 bridgehead atoms. The number of pyridine rings is 1. The van der Waals surface area contributed by atoms with Crippen LogP contribution in [0.1, 0.15) is 0 Å². The van der Waals surface area contributed by atoms with Gasteiger partial charge in [0.05, 0.1) is 5.02 Å². The Morgan fingerprint density at radius 1 is 1.54 bits per heavy atom. The third-order valence-corrected chi connectivity index (χ3v) is 1.40. The molecule has 1 amide bonds. The normalized spacial score (nSPS) is 10.2. The number of nitrogens with one attached hydrogen (secondary N) is 1. The van der Waals surface area contributed by atoms with Gasteiger partial charge in [-0.15, -0.1) is 0 Å². The Balaban J connectivity index is 2.65. The van der Waals surface area contributed by atoms with Crippen LogP contribution >= 0.6 is 11.6 Å². The van der Waals surface area contributed by atoms with Crippen LogP contribution in [-0.4, -0.2) is 17.3 Å². The summed E-state index contributed by atoms with van der Waals surface area (Å²) in [6, 6.07) is 2.78. The summed E-state index contributed by atoms with van der Waals surface area (Å²) >= 11 is 5.49. The molecule has 0 unspecified atom stereocenters. The van der Waals surface area contributed by atoms with E-state index in [0.717, 1.165) is 0 Å². The number of hydrogen-bond acceptors (Lipinski definition) is 2. The van der Waals surface area contributed by atoms with Crippen LogP contribution in [0.4, 0.5) is 14.6 Å². The van der Waals surface area contributed by atoms with Crippen molar-refractivity contribution in [1.82, 2.24) is 4.98 Å². The van der Waals surface area contributed by atoms with Crippen LogP contribution in [-0.2, 0) is 4.79 Å². The minimum atomic E-state index is -3.04. The van der Waals surface area contributed by atoms with E-state index in [1.807, 2.05) is 5.32 Å². The number of halogens is 3. The van der Waals surface area contributed by atoms with Gasteiger partial charge in [0, 0.05) is 6.20 Å². The van der Waals surface area contributed by atoms with Crippen LogP contribution < -0.4 is 5.32 Å². The van der Waals surface area contributed by atoms with Crippen molar-refractivity contribution in [2.45, 2.75) is 6.43 Å². The number of nitrogens with zero attached hydrogens (tertiary/aromatic N) is 1. The molecule has 0 radical (unpaired) electrons. The number of anilines is 1. The molecule has 0 aliphatic carbocycles. The third-order valence-electron chi connectivity index (χ3n) is 1.18. The fourth-order valence-corrected chi connectivity index (χ4v) is 0.742. The SMILES string of the molecule is O=C(Nc1ccc(Cl)cn1)C(F)F. The Labute approximate surface area is 77.7 Å². The summed E-state index contributed by atoms with van der Waals surface area (Å²) in [5, 5.41) is 2.28. The number of alkyl halides is 2. The highest BCUT2D eigenvalue weighted by Crippen LogP contribution is 2.10. The second-order valence-electron chi connectivity index (χ2n) is 2.15. The van der Waals surface area contributed by atoms with E-state index in [1.54, 1.807) is 0 Å². The van der Waals surface area contributed by atoms with E-state index in [-0.39, 0.29) is 5.82 Å². The lowest BCUT2D eigenvalue weighted by Gasteiger charge is -2.02. The maximum absolute atomic E-state index is 11.7. The summed E-state index contributed by atoms with van der Waals surface area (Å²) in [4.78, 5) is 14.1. The molecule has 1 rings (SSSR count). The molecular weight excluding hydrogens is 202 g/mol. The first-order valence-electron chi connectivity index (χ1n) is 3.30. The van der Waals surface area contributed by atoms with Gasteiger partial charge in [-0.1, -0.05) is 11.6 Å². The number of carbonyl (C=O) groups is 1. The van der Waals surface area contributed by atoms with Crippen molar-refractivity contribution in [2.75, 3.05) is 5.32 Å². The van der Waals surface area contributed by atoms with Crippen LogP contribution in [0.5, 0.6) is 0 Å². The smallest absolute Gasteiger partial charge is 0.306 e. The minimum Gasteiger partial charge on any atom is -0.306 e. The van der Waals surface area contributed by atoms with Crippen molar-refractivity contribution in [3.05, 3.63) is 23.4 Å². The van der Waals surface area contributed by atoms with Gasteiger partial charge in [-0.25, -0.2) is 4.98 Å². The monoisotopic (exact) mass is 206 g/mol. The lowest BCUT2D eigenvalue weighted by Crippen LogP contribution is -2.20. The number of amides is 1. The average molecular weight is 207 g/mol. The second kappa shape index (κ2) is 4.13. The quantitative estimate of drug-likeness (QED) is 0.804. The van der Waals surface area contributed by atoms with Gasteiger partial charge in [0.25, 0.3) is 5.91 Å². The zero-order chi connectivity index (χ0) is 9.84. The van der Waals surface area contributed by atoms with Crippen LogP contribution in [0, 0.1) is 0 Å². The Bertz CT molecular complexity index is 302. The zero-order valence-electron chi connectivity index (χ0n) is 6.30. The van der Waals surface area contributed by atoms with E-state index in [1.165, 1.54) is 18.3 Å². The van der Waals surface area contributed by atoms with Gasteiger partial charge in [0.2, 0.25) is 0 Å². The highest BCUT2D eigenvalue weighted by atomic mass is 35.5. The molecule has 1 aromatic heterocycles. The van der Waals surface area contributed by atoms with Gasteiger partial charge in [0.1, 0.15) is 5.82 Å². The molecule has 3 nitrogen and oxygen atoms in total. The third kappa shape index (κ3) is 2.95. The first-order chi connectivity index (χ1) is 6.09. The minimum absolute atomic E-state index is 0.0506. The summed E-state index contributed by atoms with van der Waals surface area (Å²) in [7, 11) is 0. The van der Waals surface area contributed by atoms with Crippen molar-refractivity contribution in [3.63, 3.8) is 0 Å². The van der Waals surface area contributed by atoms with E-state index in [9.17, 15) is 13.6 Å². The van der Waals surface area contributed by atoms with E-state index < -0.39 is 12.3 Å². The van der Waals surface area contributed by atoms with E-state index in [4.69, 9.17) is 11.6 Å². The molecular formula is C7H5ClF2N2O. The largest absolute Gasteiger partial charge is 0.315 e. The predicted molar refractivity (Wildman–Crippen MR) is 43.9 cm³/mol. The molecule has 0 saturated heterocycles. The molecule has 0 fully saturated rings. The maximum atomic E-state index is 11.7. The van der Waals surface area contributed by atoms with Gasteiger partial charge in [-0.05, 0) is 12.1 Å². The maximum Gasteiger partial charge on any atom is 0.315 e. The van der Waals surface area contributed by atoms with Crippen molar-refractivity contribution in [1.29, 1.82) is 0 Å². The molecule has 0 saturated carbocycles. The standard InChI is InChI=1S/C7H5ClF2N2O/c8-4-1-2-5(11-3-4)12-7(13)6(9)10/h1-3,6H,(H,11,12,13). The summed E-state index contributed by atoms with van der Waals surface area (Å²) in [6.45, 7) is 0. The van der Waals surface area contributed by atoms with E-state index in [2.05, 4.69) is 4.98 Å². The van der Waals surface area contributed by atoms with E-state index in [0.29, 0.717) is 5.02 Å². The molecule has 1 aromatic rings. The Hall–Kier alpha value is -1.23. The summed E-state index contributed by atoms with van der Waals surface area (Å²) < 4.78 is 23.5. The topological polar surface area (TPSA) is 42.0 Å². The first-order valence-corrected chi connectivity index (χ1v) is 3.68. The average Bonchev–Trinajstić information content (AvgIpc) is 2.08. The fraction of sp³-hybridized carbons (Fsp3) is 0.143. The lowest BCUT2D eigenvalue weighted by atomic mass is 10.4. The molecule has 1 heterocycles. The summed E-state index contributed by atoms with van der Waals surface area (Å²) in [6.07, 6.45) is -1.79. The molecule has 0 aliphatic heterocycles. The van der Waals surface area contributed by atoms with Gasteiger partial charge in [-0.2, -0.15) is 8.78 Å². The van der Waals surface area contributed by atoms with Crippen molar-refractivity contribution in [2.24, 2.45) is 0 Å². The van der Waals surface area contributed by atoms with Crippen LogP contribution in [0.2, 0.25) is 5.02 Å². The lowest BCUT2D eigenvalue weighted by molar-refractivity contribution is -0.126. The molecule has 1 N–H and O–H groups in total. The van der Waals surface area contributed by atoms with Crippen molar-refractivity contribution < 1.29 is 13.6 Å². The van der Waals surface area contributed by atoms with Crippen LogP contribution in [0.3, 0.4) is 0 Å². The number of hydrogen-bond donors (Lipinski definition) is 1. The van der Waals surface area contributed by atoms with Gasteiger partial charge < -0.3 is 5.32 Å². The Morgan fingerprint density at radius 2 is 2.23 bits per heavy atom. The van der Waals surface area contributed by atoms with Gasteiger partial charge >= 0.3 is 6.43 Å². The number of rotatable bonds is 2. The first kappa shape index (κ1) is 9.85. The van der Waals surface area contributed by atoms with Crippen LogP contribution in [0.25, 0.3) is 0 Å². The Morgan fingerprint density at radius 3 is 2.69 bits per heavy atom.